The Labute approximate surface area is 81.0 Å². The summed E-state index contributed by atoms with van der Waals surface area (Å²) in [5.41, 5.74) is -0.172. The van der Waals surface area contributed by atoms with Crippen molar-refractivity contribution in [2.24, 2.45) is 0 Å². The zero-order valence-corrected chi connectivity index (χ0v) is 9.17. The summed E-state index contributed by atoms with van der Waals surface area (Å²) in [6.07, 6.45) is 1.60. The molecule has 0 saturated carbocycles. The molecule has 0 aromatic carbocycles. The summed E-state index contributed by atoms with van der Waals surface area (Å²) in [6.45, 7) is 6.87. The zero-order valence-electron chi connectivity index (χ0n) is 9.17. The molecule has 3 heteroatoms. The Morgan fingerprint density at radius 2 is 2.00 bits per heavy atom. The first-order valence-electron chi connectivity index (χ1n) is 4.83. The van der Waals surface area contributed by atoms with Crippen LogP contribution in [0.15, 0.2) is 0 Å². The smallest absolute Gasteiger partial charge is 0.0647 e. The van der Waals surface area contributed by atoms with Crippen molar-refractivity contribution in [2.75, 3.05) is 20.3 Å². The normalized spacial score (nSPS) is 14.5. The van der Waals surface area contributed by atoms with E-state index in [9.17, 15) is 0 Å². The average Bonchev–Trinajstić information content (AvgIpc) is 2.05. The molecule has 80 valence electrons. The molecule has 1 N–H and O–H groups in total. The van der Waals surface area contributed by atoms with E-state index in [1.165, 1.54) is 0 Å². The van der Waals surface area contributed by atoms with Crippen molar-refractivity contribution in [3.05, 3.63) is 0 Å². The number of rotatable bonds is 7. The van der Waals surface area contributed by atoms with Gasteiger partial charge in [0, 0.05) is 26.7 Å². The number of hydrogen-bond acceptors (Lipinski definition) is 3. The summed E-state index contributed by atoms with van der Waals surface area (Å²) in [5.74, 6) is 0. The maximum atomic E-state index is 8.81. The fourth-order valence-electron chi connectivity index (χ4n) is 1.26. The quantitative estimate of drug-likeness (QED) is 0.662. The van der Waals surface area contributed by atoms with Gasteiger partial charge in [-0.15, -0.1) is 0 Å². The molecule has 0 radical (unpaired) electrons. The summed E-state index contributed by atoms with van der Waals surface area (Å²) < 4.78 is 10.8. The molecule has 0 spiro atoms. The van der Waals surface area contributed by atoms with Gasteiger partial charge in [-0.1, -0.05) is 0 Å². The van der Waals surface area contributed by atoms with E-state index in [2.05, 4.69) is 0 Å². The molecule has 0 aromatic heterocycles. The van der Waals surface area contributed by atoms with Gasteiger partial charge in [-0.25, -0.2) is 0 Å². The first-order valence-corrected chi connectivity index (χ1v) is 4.83. The Kier molecular flexibility index (Phi) is 6.29. The second kappa shape index (κ2) is 6.35. The first-order chi connectivity index (χ1) is 6.05. The van der Waals surface area contributed by atoms with Crippen LogP contribution in [0.2, 0.25) is 0 Å². The van der Waals surface area contributed by atoms with Gasteiger partial charge in [0.1, 0.15) is 0 Å². The lowest BCUT2D eigenvalue weighted by molar-refractivity contribution is -0.0474. The van der Waals surface area contributed by atoms with Gasteiger partial charge in [0.25, 0.3) is 0 Å². The molecule has 13 heavy (non-hydrogen) atoms. The van der Waals surface area contributed by atoms with Crippen LogP contribution in [0.3, 0.4) is 0 Å². The molecule has 0 saturated heterocycles. The Morgan fingerprint density at radius 1 is 1.38 bits per heavy atom. The van der Waals surface area contributed by atoms with Crippen LogP contribution in [-0.2, 0) is 9.47 Å². The lowest BCUT2D eigenvalue weighted by Gasteiger charge is -2.28. The largest absolute Gasteiger partial charge is 0.396 e. The Balaban J connectivity index is 3.92. The van der Waals surface area contributed by atoms with Crippen molar-refractivity contribution in [2.45, 2.75) is 45.3 Å². The Bertz CT molecular complexity index is 117. The summed E-state index contributed by atoms with van der Waals surface area (Å²) in [4.78, 5) is 0. The van der Waals surface area contributed by atoms with Gasteiger partial charge >= 0.3 is 0 Å². The second-order valence-electron chi connectivity index (χ2n) is 3.76. The summed E-state index contributed by atoms with van der Waals surface area (Å²) >= 11 is 0. The van der Waals surface area contributed by atoms with E-state index in [-0.39, 0.29) is 18.3 Å². The van der Waals surface area contributed by atoms with E-state index < -0.39 is 0 Å². The molecule has 0 bridgehead atoms. The molecular formula is C10H22O3. The highest BCUT2D eigenvalue weighted by Crippen LogP contribution is 2.19. The maximum Gasteiger partial charge on any atom is 0.0647 e. The van der Waals surface area contributed by atoms with Gasteiger partial charge < -0.3 is 14.6 Å². The van der Waals surface area contributed by atoms with Crippen molar-refractivity contribution in [1.82, 2.24) is 0 Å². The third-order valence-electron chi connectivity index (χ3n) is 2.13. The molecule has 0 heterocycles. The molecule has 3 nitrogen and oxygen atoms in total. The minimum absolute atomic E-state index is 0.102. The maximum absolute atomic E-state index is 8.81. The van der Waals surface area contributed by atoms with Crippen molar-refractivity contribution in [3.63, 3.8) is 0 Å². The van der Waals surface area contributed by atoms with Gasteiger partial charge in [-0.05, 0) is 27.2 Å². The molecular weight excluding hydrogens is 168 g/mol. The minimum atomic E-state index is -0.172. The number of aliphatic hydroxyl groups excluding tert-OH is 1. The van der Waals surface area contributed by atoms with Crippen LogP contribution in [0.25, 0.3) is 0 Å². The summed E-state index contributed by atoms with van der Waals surface area (Å²) in [5, 5.41) is 8.81. The SMILES string of the molecule is CCOC(CCO)CC(C)(C)OC. The monoisotopic (exact) mass is 190 g/mol. The fraction of sp³-hybridized carbons (Fsp3) is 1.00. The average molecular weight is 190 g/mol. The van der Waals surface area contributed by atoms with Crippen LogP contribution in [-0.4, -0.2) is 37.1 Å². The van der Waals surface area contributed by atoms with Crippen LogP contribution in [0.4, 0.5) is 0 Å². The highest BCUT2D eigenvalue weighted by molar-refractivity contribution is 4.73. The van der Waals surface area contributed by atoms with Crippen molar-refractivity contribution < 1.29 is 14.6 Å². The highest BCUT2D eigenvalue weighted by atomic mass is 16.5. The predicted molar refractivity (Wildman–Crippen MR) is 52.8 cm³/mol. The number of methoxy groups -OCH3 is 1. The zero-order chi connectivity index (χ0) is 10.3. The summed E-state index contributed by atoms with van der Waals surface area (Å²) in [6, 6.07) is 0. The summed E-state index contributed by atoms with van der Waals surface area (Å²) in [7, 11) is 1.70. The van der Waals surface area contributed by atoms with Gasteiger partial charge in [0.2, 0.25) is 0 Å². The van der Waals surface area contributed by atoms with Crippen LogP contribution in [0.1, 0.15) is 33.6 Å². The Morgan fingerprint density at radius 3 is 2.38 bits per heavy atom. The number of ether oxygens (including phenoxy) is 2. The van der Waals surface area contributed by atoms with E-state index in [4.69, 9.17) is 14.6 Å². The van der Waals surface area contributed by atoms with Crippen molar-refractivity contribution in [3.8, 4) is 0 Å². The van der Waals surface area contributed by atoms with Crippen molar-refractivity contribution >= 4 is 0 Å². The molecule has 0 aliphatic carbocycles. The lowest BCUT2D eigenvalue weighted by Crippen LogP contribution is -2.30. The standard InChI is InChI=1S/C10H22O3/c1-5-13-9(6-7-11)8-10(2,3)12-4/h9,11H,5-8H2,1-4H3. The van der Waals surface area contributed by atoms with Crippen LogP contribution < -0.4 is 0 Å². The predicted octanol–water partition coefficient (Wildman–Crippen LogP) is 1.59. The molecule has 0 rings (SSSR count). The van der Waals surface area contributed by atoms with Crippen LogP contribution >= 0.6 is 0 Å². The first kappa shape index (κ1) is 12.9. The highest BCUT2D eigenvalue weighted by Gasteiger charge is 2.22. The number of hydrogen-bond donors (Lipinski definition) is 1. The molecule has 0 fully saturated rings. The van der Waals surface area contributed by atoms with Gasteiger partial charge in [0.05, 0.1) is 11.7 Å². The van der Waals surface area contributed by atoms with E-state index >= 15 is 0 Å². The third-order valence-corrected chi connectivity index (χ3v) is 2.13. The van der Waals surface area contributed by atoms with Crippen LogP contribution in [0, 0.1) is 0 Å². The Hall–Kier alpha value is -0.120. The molecule has 0 amide bonds. The molecule has 0 aromatic rings. The van der Waals surface area contributed by atoms with E-state index in [1.54, 1.807) is 7.11 Å². The van der Waals surface area contributed by atoms with E-state index in [1.807, 2.05) is 20.8 Å². The second-order valence-corrected chi connectivity index (χ2v) is 3.76. The molecule has 1 atom stereocenters. The van der Waals surface area contributed by atoms with Gasteiger partial charge in [0.15, 0.2) is 0 Å². The minimum Gasteiger partial charge on any atom is -0.396 e. The molecule has 0 aliphatic rings. The van der Waals surface area contributed by atoms with E-state index in [0.29, 0.717) is 13.0 Å². The molecule has 0 aliphatic heterocycles. The molecule has 1 unspecified atom stereocenters. The van der Waals surface area contributed by atoms with Crippen molar-refractivity contribution in [1.29, 1.82) is 0 Å². The van der Waals surface area contributed by atoms with Gasteiger partial charge in [-0.2, -0.15) is 0 Å². The lowest BCUT2D eigenvalue weighted by atomic mass is 9.99. The van der Waals surface area contributed by atoms with Gasteiger partial charge in [-0.3, -0.25) is 0 Å². The third kappa shape index (κ3) is 6.02. The van der Waals surface area contributed by atoms with Crippen LogP contribution in [0.5, 0.6) is 0 Å². The van der Waals surface area contributed by atoms with E-state index in [0.717, 1.165) is 6.42 Å². The number of aliphatic hydroxyl groups is 1. The topological polar surface area (TPSA) is 38.7 Å². The fourth-order valence-corrected chi connectivity index (χ4v) is 1.26.